The predicted molar refractivity (Wildman–Crippen MR) is 121 cm³/mol. The lowest BCUT2D eigenvalue weighted by molar-refractivity contribution is 0.0805. The van der Waals surface area contributed by atoms with Gasteiger partial charge in [-0.3, -0.25) is 19.2 Å². The SMILES string of the molecule is CSc1ccc(C(=O)C2CCN(CC(=O)c3ccc(NS(C)(=O)=O)cc3)CC2)cc1. The molecule has 2 aromatic carbocycles. The zero-order valence-corrected chi connectivity index (χ0v) is 18.8. The molecule has 0 aromatic heterocycles. The van der Waals surface area contributed by atoms with Gasteiger partial charge < -0.3 is 0 Å². The van der Waals surface area contributed by atoms with Gasteiger partial charge in [0.2, 0.25) is 10.0 Å². The Bertz CT molecular complexity index is 994. The minimum absolute atomic E-state index is 0.00201. The maximum Gasteiger partial charge on any atom is 0.229 e. The molecule has 0 atom stereocenters. The molecule has 1 N–H and O–H groups in total. The highest BCUT2D eigenvalue weighted by molar-refractivity contribution is 7.98. The van der Waals surface area contributed by atoms with Crippen molar-refractivity contribution in [2.75, 3.05) is 36.9 Å². The van der Waals surface area contributed by atoms with Crippen molar-refractivity contribution in [3.05, 3.63) is 59.7 Å². The van der Waals surface area contributed by atoms with Gasteiger partial charge in [-0.25, -0.2) is 8.42 Å². The quantitative estimate of drug-likeness (QED) is 0.493. The van der Waals surface area contributed by atoms with Crippen molar-refractivity contribution in [2.24, 2.45) is 5.92 Å². The van der Waals surface area contributed by atoms with Crippen LogP contribution in [0.15, 0.2) is 53.4 Å². The van der Waals surface area contributed by atoms with E-state index in [2.05, 4.69) is 9.62 Å². The van der Waals surface area contributed by atoms with Crippen molar-refractivity contribution >= 4 is 39.0 Å². The monoisotopic (exact) mass is 446 g/mol. The summed E-state index contributed by atoms with van der Waals surface area (Å²) in [6.07, 6.45) is 4.58. The molecule has 2 aromatic rings. The zero-order chi connectivity index (χ0) is 21.7. The number of nitrogens with one attached hydrogen (secondary N) is 1. The highest BCUT2D eigenvalue weighted by Crippen LogP contribution is 2.24. The van der Waals surface area contributed by atoms with Crippen LogP contribution in [-0.2, 0) is 10.0 Å². The highest BCUT2D eigenvalue weighted by Gasteiger charge is 2.26. The molecule has 0 amide bonds. The van der Waals surface area contributed by atoms with Crippen LogP contribution >= 0.6 is 11.8 Å². The number of hydrogen-bond acceptors (Lipinski definition) is 6. The number of thioether (sulfide) groups is 1. The van der Waals surface area contributed by atoms with Crippen LogP contribution in [0.2, 0.25) is 0 Å². The molecular weight excluding hydrogens is 420 g/mol. The van der Waals surface area contributed by atoms with Crippen LogP contribution in [0, 0.1) is 5.92 Å². The third kappa shape index (κ3) is 6.17. The average Bonchev–Trinajstić information content (AvgIpc) is 2.73. The first-order valence-corrected chi connectivity index (χ1v) is 12.9. The molecule has 160 valence electrons. The second kappa shape index (κ2) is 9.76. The predicted octanol–water partition coefficient (Wildman–Crippen LogP) is 3.56. The molecule has 0 unspecified atom stereocenters. The number of carbonyl (C=O) groups is 2. The molecule has 0 saturated carbocycles. The first kappa shape index (κ1) is 22.5. The van der Waals surface area contributed by atoms with Gasteiger partial charge in [0.25, 0.3) is 0 Å². The van der Waals surface area contributed by atoms with Gasteiger partial charge in [-0.05, 0) is 68.6 Å². The summed E-state index contributed by atoms with van der Waals surface area (Å²) in [7, 11) is -3.34. The van der Waals surface area contributed by atoms with Crippen molar-refractivity contribution in [3.63, 3.8) is 0 Å². The fraction of sp³-hybridized carbons (Fsp3) is 0.364. The van der Waals surface area contributed by atoms with Gasteiger partial charge in [-0.2, -0.15) is 0 Å². The number of piperidine rings is 1. The molecule has 6 nitrogen and oxygen atoms in total. The maximum absolute atomic E-state index is 12.7. The first-order chi connectivity index (χ1) is 14.2. The number of rotatable bonds is 8. The molecule has 0 radical (unpaired) electrons. The Kier molecular flexibility index (Phi) is 7.33. The Morgan fingerprint density at radius 1 is 1.00 bits per heavy atom. The minimum atomic E-state index is -3.34. The molecule has 30 heavy (non-hydrogen) atoms. The van der Waals surface area contributed by atoms with Crippen LogP contribution in [0.3, 0.4) is 0 Å². The van der Waals surface area contributed by atoms with Crippen molar-refractivity contribution in [3.8, 4) is 0 Å². The molecule has 1 saturated heterocycles. The molecule has 0 bridgehead atoms. The lowest BCUT2D eigenvalue weighted by Gasteiger charge is -2.30. The molecule has 1 aliphatic heterocycles. The third-order valence-corrected chi connectivity index (χ3v) is 6.56. The largest absolute Gasteiger partial charge is 0.296 e. The van der Waals surface area contributed by atoms with E-state index in [4.69, 9.17) is 0 Å². The van der Waals surface area contributed by atoms with Gasteiger partial charge in [0, 0.05) is 27.6 Å². The normalized spacial score (nSPS) is 15.7. The molecule has 1 aliphatic rings. The van der Waals surface area contributed by atoms with E-state index in [1.165, 1.54) is 0 Å². The van der Waals surface area contributed by atoms with Crippen molar-refractivity contribution < 1.29 is 18.0 Å². The highest BCUT2D eigenvalue weighted by atomic mass is 32.2. The van der Waals surface area contributed by atoms with E-state index in [1.54, 1.807) is 36.0 Å². The smallest absolute Gasteiger partial charge is 0.229 e. The zero-order valence-electron chi connectivity index (χ0n) is 17.1. The summed E-state index contributed by atoms with van der Waals surface area (Å²) in [4.78, 5) is 28.5. The Hall–Kier alpha value is -2.16. The second-order valence-electron chi connectivity index (χ2n) is 7.52. The molecule has 1 heterocycles. The van der Waals surface area contributed by atoms with E-state index < -0.39 is 10.0 Å². The number of sulfonamides is 1. The van der Waals surface area contributed by atoms with Crippen LogP contribution in [0.4, 0.5) is 5.69 Å². The van der Waals surface area contributed by atoms with Gasteiger partial charge in [-0.1, -0.05) is 12.1 Å². The molecule has 1 fully saturated rings. The van der Waals surface area contributed by atoms with E-state index in [0.717, 1.165) is 29.6 Å². The average molecular weight is 447 g/mol. The van der Waals surface area contributed by atoms with Crippen molar-refractivity contribution in [2.45, 2.75) is 17.7 Å². The Morgan fingerprint density at radius 3 is 2.10 bits per heavy atom. The summed E-state index contributed by atoms with van der Waals surface area (Å²) in [6.45, 7) is 1.71. The van der Waals surface area contributed by atoms with Crippen LogP contribution in [0.1, 0.15) is 33.6 Å². The summed E-state index contributed by atoms with van der Waals surface area (Å²) in [5.74, 6) is 0.166. The lowest BCUT2D eigenvalue weighted by Crippen LogP contribution is -2.39. The number of ketones is 2. The number of likely N-dealkylation sites (tertiary alicyclic amines) is 1. The van der Waals surface area contributed by atoms with Gasteiger partial charge in [0.15, 0.2) is 11.6 Å². The fourth-order valence-electron chi connectivity index (χ4n) is 3.58. The number of nitrogens with zero attached hydrogens (tertiary/aromatic N) is 1. The summed E-state index contributed by atoms with van der Waals surface area (Å²) in [5.41, 5.74) is 1.73. The number of benzene rings is 2. The van der Waals surface area contributed by atoms with Crippen molar-refractivity contribution in [1.82, 2.24) is 4.90 Å². The van der Waals surface area contributed by atoms with Gasteiger partial charge in [-0.15, -0.1) is 11.8 Å². The minimum Gasteiger partial charge on any atom is -0.296 e. The summed E-state index contributed by atoms with van der Waals surface area (Å²) < 4.78 is 24.9. The summed E-state index contributed by atoms with van der Waals surface area (Å²) in [5, 5.41) is 0. The van der Waals surface area contributed by atoms with E-state index in [1.807, 2.05) is 30.5 Å². The number of hydrogen-bond donors (Lipinski definition) is 1. The van der Waals surface area contributed by atoms with Crippen molar-refractivity contribution in [1.29, 1.82) is 0 Å². The number of carbonyl (C=O) groups excluding carboxylic acids is 2. The lowest BCUT2D eigenvalue weighted by atomic mass is 9.89. The summed E-state index contributed by atoms with van der Waals surface area (Å²) in [6, 6.07) is 14.2. The number of anilines is 1. The molecule has 8 heteroatoms. The maximum atomic E-state index is 12.7. The fourth-order valence-corrected chi connectivity index (χ4v) is 4.55. The van der Waals surface area contributed by atoms with Gasteiger partial charge in [0.1, 0.15) is 0 Å². The van der Waals surface area contributed by atoms with Gasteiger partial charge >= 0.3 is 0 Å². The summed E-state index contributed by atoms with van der Waals surface area (Å²) >= 11 is 1.65. The van der Waals surface area contributed by atoms with Crippen LogP contribution < -0.4 is 4.72 Å². The topological polar surface area (TPSA) is 83.6 Å². The Balaban J connectivity index is 1.51. The van der Waals surface area contributed by atoms with E-state index in [9.17, 15) is 18.0 Å². The Labute approximate surface area is 182 Å². The number of Topliss-reactive ketones (excluding diaryl/α,β-unsaturated/α-hetero) is 2. The molecule has 0 aliphatic carbocycles. The molecule has 0 spiro atoms. The van der Waals surface area contributed by atoms with E-state index in [0.29, 0.717) is 30.9 Å². The van der Waals surface area contributed by atoms with E-state index in [-0.39, 0.29) is 17.5 Å². The van der Waals surface area contributed by atoms with E-state index >= 15 is 0 Å². The van der Waals surface area contributed by atoms with Crippen LogP contribution in [0.25, 0.3) is 0 Å². The van der Waals surface area contributed by atoms with Crippen LogP contribution in [-0.4, -0.2) is 57.0 Å². The van der Waals surface area contributed by atoms with Gasteiger partial charge in [0.05, 0.1) is 12.8 Å². The molecular formula is C22H26N2O4S2. The second-order valence-corrected chi connectivity index (χ2v) is 10.1. The first-order valence-electron chi connectivity index (χ1n) is 9.77. The standard InChI is InChI=1S/C22H26N2O4S2/c1-29-20-9-5-17(6-10-20)22(26)18-11-13-24(14-12-18)15-21(25)16-3-7-19(8-4-16)23-30(2,27)28/h3-10,18,23H,11-15H2,1-2H3. The third-order valence-electron chi connectivity index (χ3n) is 5.21. The Morgan fingerprint density at radius 2 is 1.57 bits per heavy atom. The molecule has 3 rings (SSSR count). The van der Waals surface area contributed by atoms with Crippen LogP contribution in [0.5, 0.6) is 0 Å².